The molecule has 1 N–H and O–H groups in total. The molecule has 0 fully saturated rings. The highest BCUT2D eigenvalue weighted by molar-refractivity contribution is 5.96. The Morgan fingerprint density at radius 3 is 0.779 bits per heavy atom. The van der Waals surface area contributed by atoms with Crippen LogP contribution in [-0.4, -0.2) is 11.1 Å². The maximum Gasteiger partial charge on any atom is 0.346 e. The van der Waals surface area contributed by atoms with Gasteiger partial charge in [-0.05, 0) is 169 Å². The molecule has 0 bridgehead atoms. The number of hydrogen-bond donors (Lipinski definition) is 1. The minimum absolute atomic E-state index is 0.336. The third-order valence-electron chi connectivity index (χ3n) is 11.1. The summed E-state index contributed by atoms with van der Waals surface area (Å²) in [6.07, 6.45) is 1.36. The van der Waals surface area contributed by atoms with E-state index in [0.29, 0.717) is 5.56 Å². The van der Waals surface area contributed by atoms with Crippen molar-refractivity contribution in [3.8, 4) is 29.8 Å². The van der Waals surface area contributed by atoms with Crippen molar-refractivity contribution < 1.29 is 9.90 Å². The van der Waals surface area contributed by atoms with Gasteiger partial charge in [0.05, 0.1) is 0 Å². The molecule has 0 aliphatic carbocycles. The van der Waals surface area contributed by atoms with Crippen LogP contribution in [0.1, 0.15) is 27.8 Å². The van der Waals surface area contributed by atoms with E-state index in [4.69, 9.17) is 0 Å². The quantitative estimate of drug-likeness (QED) is 0.0793. The fourth-order valence-corrected chi connectivity index (χ4v) is 7.74. The Kier molecular flexibility index (Phi) is 13.3. The van der Waals surface area contributed by atoms with E-state index in [9.17, 15) is 15.2 Å². The van der Waals surface area contributed by atoms with E-state index in [2.05, 4.69) is 111 Å². The topological polar surface area (TPSA) is 70.8 Å². The van der Waals surface area contributed by atoms with Gasteiger partial charge >= 0.3 is 5.97 Å². The molecular weight excluding hydrogens is 833 g/mol. The molecule has 9 aromatic carbocycles. The van der Waals surface area contributed by atoms with Crippen LogP contribution in [0.5, 0.6) is 0 Å². The summed E-state index contributed by atoms with van der Waals surface area (Å²) in [5.41, 5.74) is 12.8. The molecule has 0 radical (unpaired) electrons. The van der Waals surface area contributed by atoms with Gasteiger partial charge < -0.3 is 19.8 Å². The van der Waals surface area contributed by atoms with E-state index in [1.54, 1.807) is 18.2 Å². The molecule has 68 heavy (non-hydrogen) atoms. The molecule has 0 heterocycles. The molecule has 0 spiro atoms. The van der Waals surface area contributed by atoms with Crippen LogP contribution in [0.3, 0.4) is 0 Å². The van der Waals surface area contributed by atoms with Gasteiger partial charge in [0.25, 0.3) is 0 Å². The molecule has 0 aliphatic heterocycles. The lowest BCUT2D eigenvalue weighted by Gasteiger charge is -2.25. The van der Waals surface area contributed by atoms with Gasteiger partial charge in [0.2, 0.25) is 0 Å². The second-order valence-corrected chi connectivity index (χ2v) is 15.6. The van der Waals surface area contributed by atoms with Crippen LogP contribution in [0.15, 0.2) is 248 Å². The second-order valence-electron chi connectivity index (χ2n) is 15.6. The fourth-order valence-electron chi connectivity index (χ4n) is 7.74. The number of carboxylic acid groups (broad SMARTS) is 1. The molecule has 0 amide bonds. The Labute approximate surface area is 397 Å². The van der Waals surface area contributed by atoms with Crippen LogP contribution in [0.4, 0.5) is 51.2 Å². The third kappa shape index (κ3) is 10.4. The first kappa shape index (κ1) is 43.5. The van der Waals surface area contributed by atoms with Gasteiger partial charge in [-0.2, -0.15) is 5.26 Å². The molecule has 0 aliphatic rings. The lowest BCUT2D eigenvalue weighted by molar-refractivity contribution is -0.132. The predicted molar refractivity (Wildman–Crippen MR) is 277 cm³/mol. The van der Waals surface area contributed by atoms with Gasteiger partial charge in [-0.1, -0.05) is 109 Å². The average molecular weight is 875 g/mol. The molecule has 6 heteroatoms. The van der Waals surface area contributed by atoms with Crippen molar-refractivity contribution in [2.75, 3.05) is 14.7 Å². The van der Waals surface area contributed by atoms with Crippen molar-refractivity contribution in [2.24, 2.45) is 0 Å². The summed E-state index contributed by atoms with van der Waals surface area (Å²) >= 11 is 0. The molecule has 9 aromatic rings. The maximum absolute atomic E-state index is 11.5. The number of nitrogens with zero attached hydrogens (tertiary/aromatic N) is 4. The molecule has 322 valence electrons. The Bertz CT molecular complexity index is 3060. The summed E-state index contributed by atoms with van der Waals surface area (Å²) in [6, 6.07) is 83.1. The average Bonchev–Trinajstić information content (AvgIpc) is 3.40. The molecule has 0 unspecified atom stereocenters. The molecule has 0 aromatic heterocycles. The Morgan fingerprint density at radius 1 is 0.338 bits per heavy atom. The predicted octanol–water partition coefficient (Wildman–Crippen LogP) is 14.9. The van der Waals surface area contributed by atoms with E-state index in [-0.39, 0.29) is 5.57 Å². The molecule has 6 nitrogen and oxygen atoms in total. The smallest absolute Gasteiger partial charge is 0.346 e. The van der Waals surface area contributed by atoms with E-state index in [1.807, 2.05) is 158 Å². The Balaban J connectivity index is 0.959. The number of nitriles is 1. The first-order valence-electron chi connectivity index (χ1n) is 22.0. The SMILES string of the molecule is N#C/C(=C/c1ccc(N(c2ccc(C#Cc3ccc(N(c4ccccc4)c4ccccc4)cc3)cc2)c2ccc(C#Cc3ccc(N(c4ccccc4)c4ccccc4)cc3)cc2)cc1)C(=O)O. The monoisotopic (exact) mass is 874 g/mol. The third-order valence-corrected chi connectivity index (χ3v) is 11.1. The van der Waals surface area contributed by atoms with E-state index in [0.717, 1.165) is 73.4 Å². The summed E-state index contributed by atoms with van der Waals surface area (Å²) in [7, 11) is 0. The van der Waals surface area contributed by atoms with Crippen LogP contribution >= 0.6 is 0 Å². The lowest BCUT2D eigenvalue weighted by Crippen LogP contribution is -2.10. The standard InChI is InChI=1S/C62H42N4O2/c63-46-52(62(67)68)45-51-33-43-61(44-34-51)66(59-39-29-49(30-40-59)23-21-47-25-35-57(36-26-47)64(53-13-5-1-6-14-53)54-15-7-2-8-16-54)60-41-31-50(32-42-60)24-22-48-27-37-58(38-28-48)65(55-17-9-3-10-18-55)56-19-11-4-12-20-56/h1-20,25-45H,(H,67,68)/b52-45-. The lowest BCUT2D eigenvalue weighted by atomic mass is 10.1. The number of carbonyl (C=O) groups is 1. The first-order chi connectivity index (χ1) is 33.5. The van der Waals surface area contributed by atoms with Crippen molar-refractivity contribution in [3.63, 3.8) is 0 Å². The molecule has 0 saturated carbocycles. The zero-order valence-corrected chi connectivity index (χ0v) is 36.8. The molecule has 9 rings (SSSR count). The number of hydrogen-bond acceptors (Lipinski definition) is 5. The van der Waals surface area contributed by atoms with E-state index in [1.165, 1.54) is 6.08 Å². The van der Waals surface area contributed by atoms with Crippen molar-refractivity contribution in [2.45, 2.75) is 0 Å². The number of para-hydroxylation sites is 4. The minimum atomic E-state index is -1.27. The van der Waals surface area contributed by atoms with Gasteiger partial charge in [-0.15, -0.1) is 0 Å². The van der Waals surface area contributed by atoms with Crippen LogP contribution in [0, 0.1) is 35.0 Å². The molecule has 0 atom stereocenters. The summed E-state index contributed by atoms with van der Waals surface area (Å²) in [6.45, 7) is 0. The van der Waals surface area contributed by atoms with E-state index < -0.39 is 5.97 Å². The van der Waals surface area contributed by atoms with Gasteiger partial charge in [0.1, 0.15) is 11.6 Å². The summed E-state index contributed by atoms with van der Waals surface area (Å²) < 4.78 is 0. The summed E-state index contributed by atoms with van der Waals surface area (Å²) in [5.74, 6) is 12.1. The fraction of sp³-hybridized carbons (Fsp3) is 0. The van der Waals surface area contributed by atoms with Crippen molar-refractivity contribution in [1.29, 1.82) is 5.26 Å². The second kappa shape index (κ2) is 20.8. The highest BCUT2D eigenvalue weighted by Gasteiger charge is 2.15. The molecule has 0 saturated heterocycles. The van der Waals surface area contributed by atoms with E-state index >= 15 is 0 Å². The highest BCUT2D eigenvalue weighted by Crippen LogP contribution is 2.37. The number of carboxylic acids is 1. The summed E-state index contributed by atoms with van der Waals surface area (Å²) in [5, 5.41) is 18.8. The van der Waals surface area contributed by atoms with Gasteiger partial charge in [-0.3, -0.25) is 0 Å². The van der Waals surface area contributed by atoms with Gasteiger partial charge in [-0.25, -0.2) is 4.79 Å². The van der Waals surface area contributed by atoms with Crippen molar-refractivity contribution in [1.82, 2.24) is 0 Å². The maximum atomic E-state index is 11.5. The number of aliphatic carboxylic acids is 1. The Morgan fingerprint density at radius 2 is 0.559 bits per heavy atom. The normalized spacial score (nSPS) is 10.6. The minimum Gasteiger partial charge on any atom is -0.477 e. The summed E-state index contributed by atoms with van der Waals surface area (Å²) in [4.78, 5) is 18.1. The first-order valence-corrected chi connectivity index (χ1v) is 22.0. The number of anilines is 9. The van der Waals surface area contributed by atoms with Crippen molar-refractivity contribution in [3.05, 3.63) is 276 Å². The largest absolute Gasteiger partial charge is 0.477 e. The number of rotatable bonds is 11. The number of benzene rings is 9. The van der Waals surface area contributed by atoms with Crippen LogP contribution in [0.2, 0.25) is 0 Å². The van der Waals surface area contributed by atoms with Crippen LogP contribution in [0.25, 0.3) is 6.08 Å². The zero-order chi connectivity index (χ0) is 46.5. The van der Waals surface area contributed by atoms with Crippen LogP contribution < -0.4 is 14.7 Å². The van der Waals surface area contributed by atoms with Gasteiger partial charge in [0, 0.05) is 73.4 Å². The zero-order valence-electron chi connectivity index (χ0n) is 36.8. The highest BCUT2D eigenvalue weighted by atomic mass is 16.4. The Hall–Kier alpha value is -9.80. The van der Waals surface area contributed by atoms with Crippen LogP contribution in [-0.2, 0) is 4.79 Å². The molecular formula is C62H42N4O2. The van der Waals surface area contributed by atoms with Gasteiger partial charge in [0.15, 0.2) is 0 Å². The van der Waals surface area contributed by atoms with Crippen molar-refractivity contribution >= 4 is 63.2 Å².